The number of carbonyl (C=O) groups is 1. The summed E-state index contributed by atoms with van der Waals surface area (Å²) >= 11 is 0. The molecule has 0 fully saturated rings. The van der Waals surface area contributed by atoms with Gasteiger partial charge in [-0.25, -0.2) is 4.79 Å². The molecular weight excluding hydrogens is 362 g/mol. The molecule has 3 aromatic rings. The van der Waals surface area contributed by atoms with Gasteiger partial charge < -0.3 is 14.8 Å². The normalized spacial score (nSPS) is 11.0. The molecule has 4 heteroatoms. The third kappa shape index (κ3) is 6.25. The Balaban J connectivity index is 1.55. The van der Waals surface area contributed by atoms with Gasteiger partial charge in [0.05, 0.1) is 12.7 Å². The van der Waals surface area contributed by atoms with Crippen LogP contribution in [0.2, 0.25) is 0 Å². The van der Waals surface area contributed by atoms with Crippen LogP contribution in [0.4, 0.5) is 5.69 Å². The third-order valence-corrected chi connectivity index (χ3v) is 4.40. The zero-order valence-corrected chi connectivity index (χ0v) is 16.7. The summed E-state index contributed by atoms with van der Waals surface area (Å²) in [4.78, 5) is 11.5. The molecule has 0 aliphatic rings. The smallest absolute Gasteiger partial charge is 0.337 e. The summed E-state index contributed by atoms with van der Waals surface area (Å²) in [7, 11) is 1.38. The molecule has 0 spiro atoms. The Hall–Kier alpha value is -3.53. The lowest BCUT2D eigenvalue weighted by Crippen LogP contribution is -2.03. The van der Waals surface area contributed by atoms with Gasteiger partial charge in [-0.3, -0.25) is 0 Å². The molecule has 0 aliphatic heterocycles. The number of carbonyl (C=O) groups excluding carboxylic acids is 1. The third-order valence-electron chi connectivity index (χ3n) is 4.40. The van der Waals surface area contributed by atoms with Gasteiger partial charge in [-0.05, 0) is 42.3 Å². The number of esters is 1. The lowest BCUT2D eigenvalue weighted by molar-refractivity contribution is 0.0600. The van der Waals surface area contributed by atoms with Crippen molar-refractivity contribution >= 4 is 17.7 Å². The van der Waals surface area contributed by atoms with Gasteiger partial charge in [0, 0.05) is 18.3 Å². The van der Waals surface area contributed by atoms with Crippen molar-refractivity contribution in [1.82, 2.24) is 0 Å². The number of anilines is 1. The number of nitrogens with one attached hydrogen (secondary N) is 1. The average molecular weight is 387 g/mol. The highest BCUT2D eigenvalue weighted by atomic mass is 16.5. The largest absolute Gasteiger partial charge is 0.489 e. The molecule has 0 saturated carbocycles. The summed E-state index contributed by atoms with van der Waals surface area (Å²) in [6.45, 7) is 3.32. The maximum Gasteiger partial charge on any atom is 0.337 e. The summed E-state index contributed by atoms with van der Waals surface area (Å²) in [5.74, 6) is 0.507. The first kappa shape index (κ1) is 20.2. The van der Waals surface area contributed by atoms with Crippen LogP contribution in [0.25, 0.3) is 6.08 Å². The first-order valence-corrected chi connectivity index (χ1v) is 9.50. The highest BCUT2D eigenvalue weighted by molar-refractivity contribution is 5.89. The zero-order chi connectivity index (χ0) is 20.5. The minimum atomic E-state index is -0.326. The van der Waals surface area contributed by atoms with Crippen molar-refractivity contribution < 1.29 is 14.3 Å². The molecule has 148 valence electrons. The first-order chi connectivity index (χ1) is 14.1. The average Bonchev–Trinajstić information content (AvgIpc) is 2.77. The SMILES string of the molecule is COC(=O)c1ccc(/C=C(\C)CNc2cccc(OCc3ccccc3)c2)cc1. The van der Waals surface area contributed by atoms with Crippen molar-refractivity contribution in [2.75, 3.05) is 19.0 Å². The van der Waals surface area contributed by atoms with E-state index in [1.54, 1.807) is 12.1 Å². The second-order valence-electron chi connectivity index (χ2n) is 6.76. The maximum absolute atomic E-state index is 11.5. The molecule has 0 radical (unpaired) electrons. The number of methoxy groups -OCH3 is 1. The number of hydrogen-bond acceptors (Lipinski definition) is 4. The van der Waals surface area contributed by atoms with E-state index in [-0.39, 0.29) is 5.97 Å². The Kier molecular flexibility index (Phi) is 7.06. The van der Waals surface area contributed by atoms with Gasteiger partial charge in [0.25, 0.3) is 0 Å². The number of benzene rings is 3. The molecule has 0 unspecified atom stereocenters. The van der Waals surface area contributed by atoms with E-state index in [0.717, 1.165) is 22.6 Å². The predicted octanol–water partition coefficient (Wildman–Crippen LogP) is 5.57. The van der Waals surface area contributed by atoms with Crippen LogP contribution < -0.4 is 10.1 Å². The quantitative estimate of drug-likeness (QED) is 0.514. The lowest BCUT2D eigenvalue weighted by Gasteiger charge is -2.10. The van der Waals surface area contributed by atoms with E-state index in [9.17, 15) is 4.79 Å². The highest BCUT2D eigenvalue weighted by Crippen LogP contribution is 2.19. The van der Waals surface area contributed by atoms with Crippen LogP contribution in [0.15, 0.2) is 84.4 Å². The summed E-state index contributed by atoms with van der Waals surface area (Å²) in [5, 5.41) is 3.42. The van der Waals surface area contributed by atoms with Gasteiger partial charge in [-0.1, -0.05) is 60.2 Å². The minimum Gasteiger partial charge on any atom is -0.489 e. The molecule has 0 amide bonds. The van der Waals surface area contributed by atoms with Crippen LogP contribution in [0, 0.1) is 0 Å². The number of ether oxygens (including phenoxy) is 2. The van der Waals surface area contributed by atoms with Gasteiger partial charge >= 0.3 is 5.97 Å². The van der Waals surface area contributed by atoms with Crippen LogP contribution in [0.5, 0.6) is 5.75 Å². The molecule has 0 atom stereocenters. The molecule has 0 heterocycles. The monoisotopic (exact) mass is 387 g/mol. The fourth-order valence-corrected chi connectivity index (χ4v) is 2.85. The molecule has 0 bridgehead atoms. The van der Waals surface area contributed by atoms with Crippen molar-refractivity contribution in [1.29, 1.82) is 0 Å². The van der Waals surface area contributed by atoms with Crippen molar-refractivity contribution in [2.24, 2.45) is 0 Å². The van der Waals surface area contributed by atoms with Crippen LogP contribution in [-0.4, -0.2) is 19.6 Å². The van der Waals surface area contributed by atoms with Crippen molar-refractivity contribution in [2.45, 2.75) is 13.5 Å². The molecule has 3 rings (SSSR count). The molecule has 29 heavy (non-hydrogen) atoms. The van der Waals surface area contributed by atoms with Crippen LogP contribution >= 0.6 is 0 Å². The molecule has 0 saturated heterocycles. The minimum absolute atomic E-state index is 0.326. The Morgan fingerprint density at radius 3 is 2.45 bits per heavy atom. The van der Waals surface area contributed by atoms with Gasteiger partial charge in [0.1, 0.15) is 12.4 Å². The van der Waals surface area contributed by atoms with Gasteiger partial charge in [-0.15, -0.1) is 0 Å². The van der Waals surface area contributed by atoms with E-state index in [0.29, 0.717) is 18.7 Å². The molecule has 1 N–H and O–H groups in total. The number of rotatable bonds is 8. The molecule has 0 aromatic heterocycles. The van der Waals surface area contributed by atoms with Crippen molar-refractivity contribution in [3.63, 3.8) is 0 Å². The Morgan fingerprint density at radius 2 is 1.72 bits per heavy atom. The summed E-state index contributed by atoms with van der Waals surface area (Å²) in [5.41, 5.74) is 4.91. The number of hydrogen-bond donors (Lipinski definition) is 1. The summed E-state index contributed by atoms with van der Waals surface area (Å²) in [6.07, 6.45) is 2.09. The van der Waals surface area contributed by atoms with E-state index in [4.69, 9.17) is 9.47 Å². The second-order valence-corrected chi connectivity index (χ2v) is 6.76. The fourth-order valence-electron chi connectivity index (χ4n) is 2.85. The van der Waals surface area contributed by atoms with E-state index < -0.39 is 0 Å². The second kappa shape index (κ2) is 10.1. The zero-order valence-electron chi connectivity index (χ0n) is 16.7. The summed E-state index contributed by atoms with van der Waals surface area (Å²) < 4.78 is 10.6. The standard InChI is InChI=1S/C25H25NO3/c1-19(15-20-11-13-22(14-12-20)25(27)28-2)17-26-23-9-6-10-24(16-23)29-18-21-7-4-3-5-8-21/h3-16,26H,17-18H2,1-2H3/b19-15+. The van der Waals surface area contributed by atoms with Gasteiger partial charge in [0.15, 0.2) is 0 Å². The van der Waals surface area contributed by atoms with Gasteiger partial charge in [0.2, 0.25) is 0 Å². The van der Waals surface area contributed by atoms with Crippen LogP contribution in [0.3, 0.4) is 0 Å². The van der Waals surface area contributed by atoms with Crippen LogP contribution in [-0.2, 0) is 11.3 Å². The lowest BCUT2D eigenvalue weighted by atomic mass is 10.1. The Morgan fingerprint density at radius 1 is 0.966 bits per heavy atom. The molecule has 3 aromatic carbocycles. The Bertz CT molecular complexity index is 963. The predicted molar refractivity (Wildman–Crippen MR) is 117 cm³/mol. The molecule has 0 aliphatic carbocycles. The van der Waals surface area contributed by atoms with E-state index >= 15 is 0 Å². The maximum atomic E-state index is 11.5. The first-order valence-electron chi connectivity index (χ1n) is 9.50. The molecular formula is C25H25NO3. The van der Waals surface area contributed by atoms with Crippen LogP contribution in [0.1, 0.15) is 28.4 Å². The van der Waals surface area contributed by atoms with Gasteiger partial charge in [-0.2, -0.15) is 0 Å². The highest BCUT2D eigenvalue weighted by Gasteiger charge is 2.04. The van der Waals surface area contributed by atoms with E-state index in [1.807, 2.05) is 66.7 Å². The summed E-state index contributed by atoms with van der Waals surface area (Å²) in [6, 6.07) is 25.4. The topological polar surface area (TPSA) is 47.6 Å². The van der Waals surface area contributed by atoms with E-state index in [2.05, 4.69) is 18.3 Å². The molecule has 4 nitrogen and oxygen atoms in total. The van der Waals surface area contributed by atoms with E-state index in [1.165, 1.54) is 12.7 Å². The van der Waals surface area contributed by atoms with Crippen molar-refractivity contribution in [3.05, 3.63) is 101 Å². The van der Waals surface area contributed by atoms with Crippen molar-refractivity contribution in [3.8, 4) is 5.75 Å². The fraction of sp³-hybridized carbons (Fsp3) is 0.160. The Labute approximate surface area is 171 Å².